The second kappa shape index (κ2) is 12.1. The zero-order chi connectivity index (χ0) is 35.4. The lowest BCUT2D eigenvalue weighted by Crippen LogP contribution is -2.35. The predicted octanol–water partition coefficient (Wildman–Crippen LogP) is 8.87. The second-order valence-corrected chi connectivity index (χ2v) is 17.1. The maximum atomic E-state index is 12.3. The van der Waals surface area contributed by atoms with Gasteiger partial charge in [-0.2, -0.15) is 9.97 Å². The molecule has 256 valence electrons. The lowest BCUT2D eigenvalue weighted by atomic mass is 9.87. The molecule has 0 saturated heterocycles. The van der Waals surface area contributed by atoms with Crippen LogP contribution in [0.25, 0.3) is 0 Å². The Morgan fingerprint density at radius 1 is 0.625 bits per heavy atom. The average Bonchev–Trinajstić information content (AvgIpc) is 2.92. The average molecular weight is 655 g/mol. The van der Waals surface area contributed by atoms with Crippen LogP contribution in [0.3, 0.4) is 0 Å². The van der Waals surface area contributed by atoms with Gasteiger partial charge in [0.1, 0.15) is 0 Å². The van der Waals surface area contributed by atoms with Gasteiger partial charge in [-0.3, -0.25) is 9.13 Å². The van der Waals surface area contributed by atoms with Crippen molar-refractivity contribution in [3.8, 4) is 23.0 Å². The highest BCUT2D eigenvalue weighted by molar-refractivity contribution is 5.75. The van der Waals surface area contributed by atoms with Crippen LogP contribution >= 0.6 is 0 Å². The van der Waals surface area contributed by atoms with Gasteiger partial charge >= 0.3 is 11.4 Å². The Kier molecular flexibility index (Phi) is 8.78. The standard InChI is InChI=1S/2C19H25N3O2/c1-18(2,3)10-12-7-8-14-13(9-12)20-16-15(24-14)11-22(17(23)21-16)19(4,5)6;1-18(2,3)10-12-8-7-9-13-15(12)20-16-14(24-13)11-22(17(23)21-16)19(4,5)6/h2*7-9,11H,10H2,1-6H3,(H,20,21,23). The highest BCUT2D eigenvalue weighted by Crippen LogP contribution is 2.44. The Labute approximate surface area is 283 Å². The zero-order valence-electron chi connectivity index (χ0n) is 30.5. The number of nitrogens with zero attached hydrogens (tertiary/aromatic N) is 4. The second-order valence-electron chi connectivity index (χ2n) is 17.1. The summed E-state index contributed by atoms with van der Waals surface area (Å²) < 4.78 is 15.2. The minimum atomic E-state index is -0.350. The Hall–Kier alpha value is -4.60. The SMILES string of the molecule is CC(C)(C)Cc1ccc2c(c1)Nc1nc(=O)n(C(C)(C)C)cc1O2.CC(C)(C)Cc1cccc2c1Nc1nc(=O)n(C(C)(C)C)cc1O2. The van der Waals surface area contributed by atoms with E-state index in [2.05, 4.69) is 80.3 Å². The van der Waals surface area contributed by atoms with Crippen LogP contribution in [0.2, 0.25) is 0 Å². The predicted molar refractivity (Wildman–Crippen MR) is 193 cm³/mol. The number of nitrogens with one attached hydrogen (secondary N) is 2. The van der Waals surface area contributed by atoms with E-state index >= 15 is 0 Å². The van der Waals surface area contributed by atoms with Crippen LogP contribution in [-0.2, 0) is 23.9 Å². The molecule has 0 unspecified atom stereocenters. The summed E-state index contributed by atoms with van der Waals surface area (Å²) in [5, 5.41) is 6.54. The number of fused-ring (bicyclic) bond motifs is 4. The molecule has 0 radical (unpaired) electrons. The molecule has 0 atom stereocenters. The van der Waals surface area contributed by atoms with E-state index in [4.69, 9.17) is 9.47 Å². The van der Waals surface area contributed by atoms with Crippen LogP contribution in [0.1, 0.15) is 94.2 Å². The van der Waals surface area contributed by atoms with Gasteiger partial charge in [0, 0.05) is 11.1 Å². The van der Waals surface area contributed by atoms with Crippen LogP contribution < -0.4 is 31.5 Å². The Morgan fingerprint density at radius 3 is 1.67 bits per heavy atom. The smallest absolute Gasteiger partial charge is 0.350 e. The summed E-state index contributed by atoms with van der Waals surface area (Å²) in [5.41, 5.74) is 3.23. The van der Waals surface area contributed by atoms with Crippen molar-refractivity contribution in [1.82, 2.24) is 19.1 Å². The van der Waals surface area contributed by atoms with Crippen molar-refractivity contribution >= 4 is 23.0 Å². The Balaban J connectivity index is 0.000000188. The quantitative estimate of drug-likeness (QED) is 0.190. The molecule has 48 heavy (non-hydrogen) atoms. The molecule has 2 aromatic heterocycles. The fraction of sp³-hybridized carbons (Fsp3) is 0.474. The van der Waals surface area contributed by atoms with Crippen molar-refractivity contribution in [2.45, 2.75) is 107 Å². The highest BCUT2D eigenvalue weighted by Gasteiger charge is 2.27. The number of anilines is 4. The number of aromatic nitrogens is 4. The lowest BCUT2D eigenvalue weighted by molar-refractivity contribution is 0.365. The van der Waals surface area contributed by atoms with Crippen LogP contribution in [0.15, 0.2) is 58.4 Å². The van der Waals surface area contributed by atoms with Gasteiger partial charge in [0.15, 0.2) is 34.6 Å². The summed E-state index contributed by atoms with van der Waals surface area (Å²) in [7, 11) is 0. The highest BCUT2D eigenvalue weighted by atomic mass is 16.5. The topological polar surface area (TPSA) is 112 Å². The van der Waals surface area contributed by atoms with E-state index < -0.39 is 0 Å². The maximum Gasteiger partial charge on any atom is 0.350 e. The largest absolute Gasteiger partial charge is 0.450 e. The third-order valence-electron chi connectivity index (χ3n) is 7.78. The molecule has 0 aliphatic carbocycles. The molecule has 2 aliphatic heterocycles. The third kappa shape index (κ3) is 7.91. The number of hydrogen-bond donors (Lipinski definition) is 2. The number of rotatable bonds is 2. The van der Waals surface area contributed by atoms with Gasteiger partial charge in [-0.1, -0.05) is 59.7 Å². The normalized spacial score (nSPS) is 13.6. The van der Waals surface area contributed by atoms with E-state index in [0.29, 0.717) is 23.1 Å². The maximum absolute atomic E-state index is 12.3. The lowest BCUT2D eigenvalue weighted by Gasteiger charge is -2.28. The van der Waals surface area contributed by atoms with E-state index in [1.165, 1.54) is 5.56 Å². The van der Waals surface area contributed by atoms with E-state index in [0.717, 1.165) is 41.3 Å². The molecule has 10 heteroatoms. The van der Waals surface area contributed by atoms with Crippen LogP contribution in [-0.4, -0.2) is 19.1 Å². The van der Waals surface area contributed by atoms with Gasteiger partial charge in [-0.15, -0.1) is 0 Å². The van der Waals surface area contributed by atoms with Crippen LogP contribution in [0.4, 0.5) is 23.0 Å². The Bertz CT molecular complexity index is 1960. The molecule has 0 fully saturated rings. The van der Waals surface area contributed by atoms with Gasteiger partial charge < -0.3 is 20.1 Å². The summed E-state index contributed by atoms with van der Waals surface area (Å²) in [6.45, 7) is 25.0. The summed E-state index contributed by atoms with van der Waals surface area (Å²) in [5.74, 6) is 3.62. The monoisotopic (exact) mass is 654 g/mol. The van der Waals surface area contributed by atoms with Gasteiger partial charge in [0.05, 0.1) is 23.8 Å². The molecular formula is C38H50N6O4. The first kappa shape index (κ1) is 34.7. The van der Waals surface area contributed by atoms with Crippen molar-refractivity contribution in [3.63, 3.8) is 0 Å². The first-order valence-corrected chi connectivity index (χ1v) is 16.5. The summed E-state index contributed by atoms with van der Waals surface area (Å²) in [4.78, 5) is 32.9. The van der Waals surface area contributed by atoms with E-state index in [9.17, 15) is 9.59 Å². The van der Waals surface area contributed by atoms with Crippen molar-refractivity contribution in [3.05, 3.63) is 80.9 Å². The van der Waals surface area contributed by atoms with Gasteiger partial charge in [-0.25, -0.2) is 9.59 Å². The van der Waals surface area contributed by atoms with Gasteiger partial charge in [0.2, 0.25) is 0 Å². The summed E-state index contributed by atoms with van der Waals surface area (Å²) in [6, 6.07) is 12.1. The first-order valence-electron chi connectivity index (χ1n) is 16.5. The van der Waals surface area contributed by atoms with Gasteiger partial charge in [0.25, 0.3) is 0 Å². The molecule has 0 spiro atoms. The fourth-order valence-electron chi connectivity index (χ4n) is 5.66. The molecule has 0 amide bonds. The van der Waals surface area contributed by atoms with Crippen molar-refractivity contribution in [1.29, 1.82) is 0 Å². The molecule has 2 aliphatic rings. The van der Waals surface area contributed by atoms with E-state index in [-0.39, 0.29) is 33.3 Å². The summed E-state index contributed by atoms with van der Waals surface area (Å²) >= 11 is 0. The van der Waals surface area contributed by atoms with Crippen LogP contribution in [0, 0.1) is 10.8 Å². The first-order chi connectivity index (χ1) is 22.1. The van der Waals surface area contributed by atoms with Crippen LogP contribution in [0.5, 0.6) is 23.0 Å². The van der Waals surface area contributed by atoms with Crippen molar-refractivity contribution in [2.75, 3.05) is 10.6 Å². The minimum Gasteiger partial charge on any atom is -0.450 e. The Morgan fingerprint density at radius 2 is 1.15 bits per heavy atom. The number of para-hydroxylation sites is 1. The molecule has 2 N–H and O–H groups in total. The molecule has 6 rings (SSSR count). The number of benzene rings is 2. The fourth-order valence-corrected chi connectivity index (χ4v) is 5.66. The zero-order valence-corrected chi connectivity index (χ0v) is 30.5. The van der Waals surface area contributed by atoms with Crippen molar-refractivity contribution in [2.24, 2.45) is 10.8 Å². The molecule has 4 heterocycles. The van der Waals surface area contributed by atoms with Gasteiger partial charge in [-0.05, 0) is 94.5 Å². The summed E-state index contributed by atoms with van der Waals surface area (Å²) in [6.07, 6.45) is 5.33. The van der Waals surface area contributed by atoms with E-state index in [1.807, 2.05) is 59.7 Å². The molecular weight excluding hydrogens is 604 g/mol. The molecule has 2 aromatic carbocycles. The number of ether oxygens (including phenoxy) is 2. The molecule has 0 bridgehead atoms. The third-order valence-corrected chi connectivity index (χ3v) is 7.78. The molecule has 0 saturated carbocycles. The van der Waals surface area contributed by atoms with Crippen molar-refractivity contribution < 1.29 is 9.47 Å². The minimum absolute atomic E-state index is 0.153. The molecule has 10 nitrogen and oxygen atoms in total. The molecule has 4 aromatic rings. The number of hydrogen-bond acceptors (Lipinski definition) is 8. The van der Waals surface area contributed by atoms with E-state index in [1.54, 1.807) is 21.5 Å².